The lowest BCUT2D eigenvalue weighted by atomic mass is 10.0. The van der Waals surface area contributed by atoms with Crippen LogP contribution in [0.3, 0.4) is 0 Å². The zero-order chi connectivity index (χ0) is 14.0. The molecule has 0 amide bonds. The van der Waals surface area contributed by atoms with Gasteiger partial charge in [-0.1, -0.05) is 0 Å². The fourth-order valence-corrected chi connectivity index (χ4v) is 2.48. The van der Waals surface area contributed by atoms with Crippen molar-refractivity contribution in [3.63, 3.8) is 0 Å². The molecule has 0 bridgehead atoms. The van der Waals surface area contributed by atoms with Gasteiger partial charge < -0.3 is 20.1 Å². The van der Waals surface area contributed by atoms with Crippen molar-refractivity contribution in [2.45, 2.75) is 25.9 Å². The first-order valence-corrected chi connectivity index (χ1v) is 6.38. The minimum Gasteiger partial charge on any atom is -0.497 e. The van der Waals surface area contributed by atoms with Gasteiger partial charge in [-0.3, -0.25) is 4.99 Å². The smallest absolute Gasteiger partial charge is 0.192 e. The number of methoxy groups -OCH3 is 2. The monoisotopic (exact) mass is 263 g/mol. The van der Waals surface area contributed by atoms with Crippen molar-refractivity contribution in [2.75, 3.05) is 20.8 Å². The molecule has 0 saturated carbocycles. The van der Waals surface area contributed by atoms with Crippen LogP contribution in [-0.4, -0.2) is 37.7 Å². The summed E-state index contributed by atoms with van der Waals surface area (Å²) in [6, 6.07) is 6.27. The largest absolute Gasteiger partial charge is 0.497 e. The zero-order valence-corrected chi connectivity index (χ0v) is 11.9. The Morgan fingerprint density at radius 3 is 2.63 bits per heavy atom. The van der Waals surface area contributed by atoms with Crippen LogP contribution in [0.2, 0.25) is 0 Å². The summed E-state index contributed by atoms with van der Waals surface area (Å²) in [5.41, 5.74) is 7.05. The van der Waals surface area contributed by atoms with Crippen LogP contribution in [0.1, 0.15) is 25.5 Å². The lowest BCUT2D eigenvalue weighted by Gasteiger charge is -2.31. The average molecular weight is 263 g/mol. The van der Waals surface area contributed by atoms with Crippen molar-refractivity contribution in [1.82, 2.24) is 4.90 Å². The van der Waals surface area contributed by atoms with Crippen molar-refractivity contribution < 1.29 is 9.47 Å². The van der Waals surface area contributed by atoms with E-state index in [1.54, 1.807) is 14.2 Å². The van der Waals surface area contributed by atoms with Gasteiger partial charge in [-0.05, 0) is 26.0 Å². The summed E-state index contributed by atoms with van der Waals surface area (Å²) in [5, 5.41) is 0. The van der Waals surface area contributed by atoms with Crippen molar-refractivity contribution in [3.05, 3.63) is 23.8 Å². The van der Waals surface area contributed by atoms with Crippen molar-refractivity contribution in [3.8, 4) is 11.5 Å². The van der Waals surface area contributed by atoms with Crippen LogP contribution >= 0.6 is 0 Å². The minimum atomic E-state index is 0.126. The van der Waals surface area contributed by atoms with Crippen LogP contribution in [-0.2, 0) is 0 Å². The van der Waals surface area contributed by atoms with Gasteiger partial charge in [0, 0.05) is 17.7 Å². The summed E-state index contributed by atoms with van der Waals surface area (Å²) < 4.78 is 10.7. The third-order valence-electron chi connectivity index (χ3n) is 3.38. The van der Waals surface area contributed by atoms with E-state index in [1.807, 2.05) is 18.2 Å². The molecule has 1 heterocycles. The second kappa shape index (κ2) is 5.38. The molecule has 1 aliphatic rings. The summed E-state index contributed by atoms with van der Waals surface area (Å²) in [5.74, 6) is 2.18. The average Bonchev–Trinajstić information content (AvgIpc) is 2.79. The van der Waals surface area contributed by atoms with Gasteiger partial charge in [-0.2, -0.15) is 0 Å². The van der Waals surface area contributed by atoms with Gasteiger partial charge in [-0.25, -0.2) is 0 Å². The van der Waals surface area contributed by atoms with E-state index in [-0.39, 0.29) is 6.04 Å². The predicted molar refractivity (Wildman–Crippen MR) is 75.8 cm³/mol. The van der Waals surface area contributed by atoms with E-state index in [1.165, 1.54) is 0 Å². The number of nitrogens with two attached hydrogens (primary N) is 1. The molecule has 1 atom stereocenters. The Kier molecular flexibility index (Phi) is 3.83. The van der Waals surface area contributed by atoms with E-state index >= 15 is 0 Å². The topological polar surface area (TPSA) is 60.1 Å². The number of aliphatic imine (C=N–C) groups is 1. The molecule has 0 saturated heterocycles. The summed E-state index contributed by atoms with van der Waals surface area (Å²) >= 11 is 0. The first-order valence-electron chi connectivity index (χ1n) is 6.38. The minimum absolute atomic E-state index is 0.126. The Labute approximate surface area is 114 Å². The molecule has 1 aromatic rings. The quantitative estimate of drug-likeness (QED) is 0.899. The second-order valence-corrected chi connectivity index (χ2v) is 4.82. The Hall–Kier alpha value is -1.91. The highest BCUT2D eigenvalue weighted by Crippen LogP contribution is 2.35. The molecule has 2 rings (SSSR count). The molecular formula is C14H21N3O2. The van der Waals surface area contributed by atoms with Gasteiger partial charge in [0.2, 0.25) is 0 Å². The molecule has 0 radical (unpaired) electrons. The molecule has 19 heavy (non-hydrogen) atoms. The van der Waals surface area contributed by atoms with Crippen molar-refractivity contribution in [2.24, 2.45) is 10.7 Å². The van der Waals surface area contributed by atoms with Gasteiger partial charge in [0.05, 0.1) is 26.8 Å². The number of benzene rings is 1. The van der Waals surface area contributed by atoms with E-state index in [2.05, 4.69) is 23.7 Å². The predicted octanol–water partition coefficient (Wildman–Crippen LogP) is 1.78. The van der Waals surface area contributed by atoms with Crippen molar-refractivity contribution >= 4 is 5.96 Å². The first kappa shape index (κ1) is 13.5. The van der Waals surface area contributed by atoms with Crippen LogP contribution in [0.5, 0.6) is 11.5 Å². The Balaban J connectivity index is 2.36. The number of hydrogen-bond donors (Lipinski definition) is 1. The highest BCUT2D eigenvalue weighted by atomic mass is 16.5. The Bertz CT molecular complexity index is 486. The fourth-order valence-electron chi connectivity index (χ4n) is 2.48. The zero-order valence-electron chi connectivity index (χ0n) is 11.9. The number of hydrogen-bond acceptors (Lipinski definition) is 5. The first-order chi connectivity index (χ1) is 9.08. The van der Waals surface area contributed by atoms with E-state index < -0.39 is 0 Å². The molecule has 0 aliphatic carbocycles. The van der Waals surface area contributed by atoms with Crippen molar-refractivity contribution in [1.29, 1.82) is 0 Å². The summed E-state index contributed by atoms with van der Waals surface area (Å²) in [7, 11) is 3.31. The molecule has 1 aliphatic heterocycles. The van der Waals surface area contributed by atoms with Crippen LogP contribution in [0, 0.1) is 0 Å². The van der Waals surface area contributed by atoms with Crippen LogP contribution in [0.25, 0.3) is 0 Å². The molecular weight excluding hydrogens is 242 g/mol. The molecule has 5 heteroatoms. The maximum absolute atomic E-state index is 5.97. The number of ether oxygens (including phenoxy) is 2. The van der Waals surface area contributed by atoms with E-state index in [9.17, 15) is 0 Å². The number of guanidine groups is 1. The normalized spacial score (nSPS) is 18.7. The fraction of sp³-hybridized carbons (Fsp3) is 0.500. The maximum Gasteiger partial charge on any atom is 0.192 e. The third kappa shape index (κ3) is 2.45. The van der Waals surface area contributed by atoms with Crippen LogP contribution in [0.4, 0.5) is 0 Å². The van der Waals surface area contributed by atoms with Gasteiger partial charge in [0.1, 0.15) is 11.5 Å². The molecule has 2 N–H and O–H groups in total. The van der Waals surface area contributed by atoms with Crippen LogP contribution < -0.4 is 15.2 Å². The highest BCUT2D eigenvalue weighted by molar-refractivity contribution is 5.81. The maximum atomic E-state index is 5.97. The molecule has 0 aromatic heterocycles. The van der Waals surface area contributed by atoms with Gasteiger partial charge in [0.25, 0.3) is 0 Å². The number of nitrogens with zero attached hydrogens (tertiary/aromatic N) is 2. The summed E-state index contributed by atoms with van der Waals surface area (Å²) in [6.45, 7) is 4.88. The van der Waals surface area contributed by atoms with Crippen LogP contribution in [0.15, 0.2) is 23.2 Å². The van der Waals surface area contributed by atoms with E-state index in [0.717, 1.165) is 17.1 Å². The van der Waals surface area contributed by atoms with Gasteiger partial charge >= 0.3 is 0 Å². The second-order valence-electron chi connectivity index (χ2n) is 4.82. The third-order valence-corrected chi connectivity index (χ3v) is 3.38. The molecule has 104 valence electrons. The molecule has 1 aromatic carbocycles. The van der Waals surface area contributed by atoms with E-state index in [0.29, 0.717) is 18.5 Å². The lowest BCUT2D eigenvalue weighted by Crippen LogP contribution is -2.41. The van der Waals surface area contributed by atoms with Gasteiger partial charge in [-0.15, -0.1) is 0 Å². The SMILES string of the molecule is COc1ccc(C2CN=C(N)N2C(C)C)c(OC)c1. The molecule has 1 unspecified atom stereocenters. The standard InChI is InChI=1S/C14H21N3O2/c1-9(2)17-12(8-16-14(17)15)11-6-5-10(18-3)7-13(11)19-4/h5-7,9,12H,8H2,1-4H3,(H2,15,16). The van der Waals surface area contributed by atoms with Gasteiger partial charge in [0.15, 0.2) is 5.96 Å². The summed E-state index contributed by atoms with van der Waals surface area (Å²) in [4.78, 5) is 6.46. The molecule has 0 spiro atoms. The Morgan fingerprint density at radius 1 is 1.32 bits per heavy atom. The Morgan fingerprint density at radius 2 is 2.05 bits per heavy atom. The molecule has 0 fully saturated rings. The highest BCUT2D eigenvalue weighted by Gasteiger charge is 2.31. The number of rotatable bonds is 4. The van der Waals surface area contributed by atoms with E-state index in [4.69, 9.17) is 15.2 Å². The summed E-state index contributed by atoms with van der Waals surface area (Å²) in [6.07, 6.45) is 0. The molecule has 5 nitrogen and oxygen atoms in total. The lowest BCUT2D eigenvalue weighted by molar-refractivity contribution is 0.281.